The number of nitrogen functional groups attached to an aromatic ring is 1. The van der Waals surface area contributed by atoms with Gasteiger partial charge in [-0.25, -0.2) is 0 Å². The first kappa shape index (κ1) is 7.98. The molecule has 12 heavy (non-hydrogen) atoms. The number of hydrogen-bond acceptors (Lipinski definition) is 3. The van der Waals surface area contributed by atoms with Crippen molar-refractivity contribution in [2.75, 3.05) is 17.2 Å². The van der Waals surface area contributed by atoms with Crippen molar-refractivity contribution in [2.45, 2.75) is 19.4 Å². The predicted octanol–water partition coefficient (Wildman–Crippen LogP) is 1.45. The van der Waals surface area contributed by atoms with Gasteiger partial charge in [-0.2, -0.15) is 16.9 Å². The highest BCUT2D eigenvalue weighted by molar-refractivity contribution is 7.99. The number of anilines is 1. The summed E-state index contributed by atoms with van der Waals surface area (Å²) in [5.41, 5.74) is 6.79. The van der Waals surface area contributed by atoms with E-state index in [0.717, 1.165) is 0 Å². The van der Waals surface area contributed by atoms with Crippen LogP contribution in [-0.2, 0) is 0 Å². The van der Waals surface area contributed by atoms with Gasteiger partial charge in [0.05, 0.1) is 6.04 Å². The zero-order valence-electron chi connectivity index (χ0n) is 7.16. The highest BCUT2D eigenvalue weighted by Crippen LogP contribution is 2.28. The lowest BCUT2D eigenvalue weighted by molar-refractivity contribution is 0.492. The molecule has 0 radical (unpaired) electrons. The molecule has 0 bridgehead atoms. The van der Waals surface area contributed by atoms with Crippen LogP contribution in [0.2, 0.25) is 0 Å². The molecule has 1 aliphatic rings. The second kappa shape index (κ2) is 3.01. The Bertz CT molecular complexity index is 276. The number of nitrogens with two attached hydrogens (primary N) is 1. The summed E-state index contributed by atoms with van der Waals surface area (Å²) in [7, 11) is 0. The third-order valence-electron chi connectivity index (χ3n) is 2.19. The van der Waals surface area contributed by atoms with E-state index in [4.69, 9.17) is 5.73 Å². The van der Waals surface area contributed by atoms with E-state index in [9.17, 15) is 0 Å². The lowest BCUT2D eigenvalue weighted by atomic mass is 10.2. The van der Waals surface area contributed by atoms with Crippen LogP contribution in [0, 0.1) is 6.92 Å². The smallest absolute Gasteiger partial charge is 0.145 e. The molecule has 3 nitrogen and oxygen atoms in total. The van der Waals surface area contributed by atoms with Crippen LogP contribution in [-0.4, -0.2) is 21.3 Å². The van der Waals surface area contributed by atoms with Gasteiger partial charge >= 0.3 is 0 Å². The molecule has 1 saturated heterocycles. The predicted molar refractivity (Wildman–Crippen MR) is 52.4 cm³/mol. The van der Waals surface area contributed by atoms with Gasteiger partial charge in [0.1, 0.15) is 5.82 Å². The molecular weight excluding hydrogens is 170 g/mol. The van der Waals surface area contributed by atoms with Crippen molar-refractivity contribution in [2.24, 2.45) is 0 Å². The van der Waals surface area contributed by atoms with Crippen LogP contribution >= 0.6 is 11.8 Å². The zero-order valence-corrected chi connectivity index (χ0v) is 7.97. The normalized spacial score (nSPS) is 23.2. The maximum atomic E-state index is 5.61. The van der Waals surface area contributed by atoms with E-state index in [-0.39, 0.29) is 0 Å². The van der Waals surface area contributed by atoms with E-state index >= 15 is 0 Å². The van der Waals surface area contributed by atoms with Crippen molar-refractivity contribution in [3.8, 4) is 0 Å². The topological polar surface area (TPSA) is 43.8 Å². The standard InChI is InChI=1S/C8H13N3S/c1-6-4-8(9)10-11(6)7-2-3-12-5-7/h4,7H,2-3,5H2,1H3,(H2,9,10). The van der Waals surface area contributed by atoms with Crippen LogP contribution in [0.1, 0.15) is 18.2 Å². The van der Waals surface area contributed by atoms with Crippen molar-refractivity contribution in [1.82, 2.24) is 9.78 Å². The maximum absolute atomic E-state index is 5.61. The molecule has 0 amide bonds. The lowest BCUT2D eigenvalue weighted by Crippen LogP contribution is -2.11. The van der Waals surface area contributed by atoms with Gasteiger partial charge in [0.2, 0.25) is 0 Å². The van der Waals surface area contributed by atoms with E-state index < -0.39 is 0 Å². The van der Waals surface area contributed by atoms with Crippen molar-refractivity contribution in [3.05, 3.63) is 11.8 Å². The summed E-state index contributed by atoms with van der Waals surface area (Å²) in [5.74, 6) is 3.08. The van der Waals surface area contributed by atoms with E-state index in [1.54, 1.807) is 0 Å². The SMILES string of the molecule is Cc1cc(N)nn1C1CCSC1. The summed E-state index contributed by atoms with van der Waals surface area (Å²) in [6.07, 6.45) is 1.23. The van der Waals surface area contributed by atoms with Crippen LogP contribution in [0.25, 0.3) is 0 Å². The van der Waals surface area contributed by atoms with Gasteiger partial charge in [-0.1, -0.05) is 0 Å². The van der Waals surface area contributed by atoms with Crippen molar-refractivity contribution in [3.63, 3.8) is 0 Å². The molecule has 1 fully saturated rings. The van der Waals surface area contributed by atoms with Gasteiger partial charge in [-0.3, -0.25) is 4.68 Å². The van der Waals surface area contributed by atoms with Gasteiger partial charge in [-0.15, -0.1) is 0 Å². The fraction of sp³-hybridized carbons (Fsp3) is 0.625. The lowest BCUT2D eigenvalue weighted by Gasteiger charge is -2.10. The summed E-state index contributed by atoms with van der Waals surface area (Å²) >= 11 is 1.99. The molecule has 4 heteroatoms. The summed E-state index contributed by atoms with van der Waals surface area (Å²) < 4.78 is 2.06. The molecule has 1 aromatic rings. The number of aryl methyl sites for hydroxylation is 1. The molecule has 1 aliphatic heterocycles. The summed E-state index contributed by atoms with van der Waals surface area (Å²) in [6, 6.07) is 2.51. The Morgan fingerprint density at radius 2 is 2.58 bits per heavy atom. The molecule has 66 valence electrons. The molecular formula is C8H13N3S. The van der Waals surface area contributed by atoms with Crippen LogP contribution in [0.15, 0.2) is 6.07 Å². The zero-order chi connectivity index (χ0) is 8.55. The Morgan fingerprint density at radius 1 is 1.75 bits per heavy atom. The second-order valence-corrected chi connectivity index (χ2v) is 4.32. The van der Waals surface area contributed by atoms with Gasteiger partial charge in [0.15, 0.2) is 0 Å². The minimum Gasteiger partial charge on any atom is -0.382 e. The number of thioether (sulfide) groups is 1. The van der Waals surface area contributed by atoms with Crippen molar-refractivity contribution in [1.29, 1.82) is 0 Å². The third kappa shape index (κ3) is 1.31. The molecule has 1 unspecified atom stereocenters. The largest absolute Gasteiger partial charge is 0.382 e. The third-order valence-corrected chi connectivity index (χ3v) is 3.34. The van der Waals surface area contributed by atoms with E-state index in [0.29, 0.717) is 11.9 Å². The highest BCUT2D eigenvalue weighted by Gasteiger charge is 2.19. The molecule has 1 atom stereocenters. The average molecular weight is 183 g/mol. The van der Waals surface area contributed by atoms with Crippen molar-refractivity contribution < 1.29 is 0 Å². The Labute approximate surface area is 76.3 Å². The molecule has 0 aliphatic carbocycles. The number of aromatic nitrogens is 2. The van der Waals surface area contributed by atoms with Crippen LogP contribution in [0.4, 0.5) is 5.82 Å². The first-order chi connectivity index (χ1) is 5.77. The van der Waals surface area contributed by atoms with Crippen LogP contribution < -0.4 is 5.73 Å². The molecule has 0 saturated carbocycles. The first-order valence-corrected chi connectivity index (χ1v) is 5.32. The van der Waals surface area contributed by atoms with Gasteiger partial charge in [0.25, 0.3) is 0 Å². The monoisotopic (exact) mass is 183 g/mol. The average Bonchev–Trinajstić information content (AvgIpc) is 2.58. The molecule has 2 rings (SSSR count). The molecule has 1 aromatic heterocycles. The molecule has 2 heterocycles. The Balaban J connectivity index is 2.25. The molecule has 0 aromatic carbocycles. The summed E-state index contributed by atoms with van der Waals surface area (Å²) in [6.45, 7) is 2.06. The minimum absolute atomic E-state index is 0.576. The second-order valence-electron chi connectivity index (χ2n) is 3.17. The quantitative estimate of drug-likeness (QED) is 0.716. The Hall–Kier alpha value is -0.640. The van der Waals surface area contributed by atoms with Gasteiger partial charge in [0, 0.05) is 17.5 Å². The van der Waals surface area contributed by atoms with E-state index in [2.05, 4.69) is 16.7 Å². The minimum atomic E-state index is 0.576. The van der Waals surface area contributed by atoms with E-state index in [1.807, 2.05) is 17.8 Å². The summed E-state index contributed by atoms with van der Waals surface area (Å²) in [5, 5.41) is 4.27. The van der Waals surface area contributed by atoms with Gasteiger partial charge in [-0.05, 0) is 19.1 Å². The molecule has 2 N–H and O–H groups in total. The van der Waals surface area contributed by atoms with Gasteiger partial charge < -0.3 is 5.73 Å². The van der Waals surface area contributed by atoms with Crippen LogP contribution in [0.3, 0.4) is 0 Å². The first-order valence-electron chi connectivity index (χ1n) is 4.17. The number of hydrogen-bond donors (Lipinski definition) is 1. The van der Waals surface area contributed by atoms with Crippen LogP contribution in [0.5, 0.6) is 0 Å². The number of rotatable bonds is 1. The van der Waals surface area contributed by atoms with E-state index in [1.165, 1.54) is 23.6 Å². The fourth-order valence-electron chi connectivity index (χ4n) is 1.60. The summed E-state index contributed by atoms with van der Waals surface area (Å²) in [4.78, 5) is 0. The maximum Gasteiger partial charge on any atom is 0.145 e. The highest BCUT2D eigenvalue weighted by atomic mass is 32.2. The van der Waals surface area contributed by atoms with Crippen molar-refractivity contribution >= 4 is 17.6 Å². The number of nitrogens with zero attached hydrogens (tertiary/aromatic N) is 2. The Kier molecular flexibility index (Phi) is 2.00. The molecule has 0 spiro atoms. The fourth-order valence-corrected chi connectivity index (χ4v) is 2.78. The Morgan fingerprint density at radius 3 is 3.08 bits per heavy atom.